The van der Waals surface area contributed by atoms with Gasteiger partial charge in [0.15, 0.2) is 0 Å². The summed E-state index contributed by atoms with van der Waals surface area (Å²) in [6.45, 7) is 1.25. The van der Waals surface area contributed by atoms with Gasteiger partial charge in [0.2, 0.25) is 5.76 Å². The zero-order valence-corrected chi connectivity index (χ0v) is 18.1. The van der Waals surface area contributed by atoms with Crippen molar-refractivity contribution in [2.45, 2.75) is 19.6 Å². The number of anilines is 1. The number of nitrogens with zero attached hydrogens (tertiary/aromatic N) is 4. The van der Waals surface area contributed by atoms with E-state index in [9.17, 15) is 22.8 Å². The molecule has 0 saturated heterocycles. The fourth-order valence-electron chi connectivity index (χ4n) is 3.12. The number of alkyl halides is 3. The van der Waals surface area contributed by atoms with Crippen LogP contribution in [0.15, 0.2) is 65.7 Å². The molecule has 0 aliphatic rings. The van der Waals surface area contributed by atoms with Gasteiger partial charge in [-0.2, -0.15) is 13.2 Å². The molecule has 4 aromatic rings. The van der Waals surface area contributed by atoms with Gasteiger partial charge in [-0.25, -0.2) is 9.97 Å². The minimum atomic E-state index is -4.55. The van der Waals surface area contributed by atoms with Crippen molar-refractivity contribution in [3.05, 3.63) is 89.5 Å². The standard InChI is InChI=1S/C23H17F3N6O3/c1-13-2-3-15(8-17(13)23(24,25)26)31-22(34)20-9-16(32-35-20)11-28-21(33)19-10-18(29-12-30-19)14-4-6-27-7-5-14/h2-10,12H,11H2,1H3,(H,28,33)(H,31,34). The molecule has 3 aromatic heterocycles. The average Bonchev–Trinajstić information content (AvgIpc) is 3.33. The minimum absolute atomic E-state index is 0.0322. The summed E-state index contributed by atoms with van der Waals surface area (Å²) >= 11 is 0. The topological polar surface area (TPSA) is 123 Å². The van der Waals surface area contributed by atoms with Crippen molar-refractivity contribution >= 4 is 17.5 Å². The number of aryl methyl sites for hydroxylation is 1. The maximum atomic E-state index is 13.1. The van der Waals surface area contributed by atoms with Gasteiger partial charge >= 0.3 is 6.18 Å². The van der Waals surface area contributed by atoms with E-state index in [-0.39, 0.29) is 34.9 Å². The zero-order valence-electron chi connectivity index (χ0n) is 18.1. The number of nitrogens with one attached hydrogen (secondary N) is 2. The third-order valence-corrected chi connectivity index (χ3v) is 4.89. The van der Waals surface area contributed by atoms with Gasteiger partial charge in [0.1, 0.15) is 17.7 Å². The van der Waals surface area contributed by atoms with Crippen LogP contribution in [0.4, 0.5) is 18.9 Å². The number of carbonyl (C=O) groups is 2. The fourth-order valence-corrected chi connectivity index (χ4v) is 3.12. The Morgan fingerprint density at radius 3 is 2.51 bits per heavy atom. The van der Waals surface area contributed by atoms with E-state index in [1.807, 2.05) is 0 Å². The molecule has 2 amide bonds. The Balaban J connectivity index is 1.38. The van der Waals surface area contributed by atoms with Gasteiger partial charge in [-0.05, 0) is 42.8 Å². The Morgan fingerprint density at radius 1 is 1.00 bits per heavy atom. The molecule has 0 radical (unpaired) electrons. The molecule has 0 aliphatic heterocycles. The van der Waals surface area contributed by atoms with Crippen molar-refractivity contribution in [2.24, 2.45) is 0 Å². The first kappa shape index (κ1) is 23.5. The number of benzene rings is 1. The Hall–Kier alpha value is -4.61. The van der Waals surface area contributed by atoms with Crippen molar-refractivity contribution in [3.63, 3.8) is 0 Å². The molecule has 0 fully saturated rings. The van der Waals surface area contributed by atoms with E-state index in [4.69, 9.17) is 4.52 Å². The van der Waals surface area contributed by atoms with E-state index >= 15 is 0 Å². The number of aromatic nitrogens is 4. The SMILES string of the molecule is Cc1ccc(NC(=O)c2cc(CNC(=O)c3cc(-c4ccncc4)ncn3)no2)cc1C(F)(F)F. The summed E-state index contributed by atoms with van der Waals surface area (Å²) in [5.41, 5.74) is 0.781. The lowest BCUT2D eigenvalue weighted by molar-refractivity contribution is -0.138. The van der Waals surface area contributed by atoms with Crippen molar-refractivity contribution in [1.82, 2.24) is 25.4 Å². The van der Waals surface area contributed by atoms with E-state index in [0.717, 1.165) is 11.6 Å². The molecule has 0 bridgehead atoms. The number of hydrogen-bond acceptors (Lipinski definition) is 7. The van der Waals surface area contributed by atoms with Crippen LogP contribution in [-0.4, -0.2) is 31.9 Å². The van der Waals surface area contributed by atoms with Gasteiger partial charge in [-0.15, -0.1) is 0 Å². The maximum Gasteiger partial charge on any atom is 0.416 e. The third kappa shape index (κ3) is 5.66. The second kappa shape index (κ2) is 9.71. The highest BCUT2D eigenvalue weighted by atomic mass is 19.4. The fraction of sp³-hybridized carbons (Fsp3) is 0.130. The Kier molecular flexibility index (Phi) is 6.53. The lowest BCUT2D eigenvalue weighted by Crippen LogP contribution is -2.24. The minimum Gasteiger partial charge on any atom is -0.351 e. The normalized spacial score (nSPS) is 11.2. The maximum absolute atomic E-state index is 13.1. The first-order chi connectivity index (χ1) is 16.7. The van der Waals surface area contributed by atoms with Gasteiger partial charge in [0.25, 0.3) is 11.8 Å². The summed E-state index contributed by atoms with van der Waals surface area (Å²) < 4.78 is 44.2. The number of amides is 2. The molecule has 2 N–H and O–H groups in total. The second-order valence-corrected chi connectivity index (χ2v) is 7.37. The van der Waals surface area contributed by atoms with Gasteiger partial charge in [0, 0.05) is 29.7 Å². The van der Waals surface area contributed by atoms with Crippen LogP contribution in [0.25, 0.3) is 11.3 Å². The highest BCUT2D eigenvalue weighted by Gasteiger charge is 2.32. The van der Waals surface area contributed by atoms with E-state index < -0.39 is 23.6 Å². The second-order valence-electron chi connectivity index (χ2n) is 7.37. The quantitative estimate of drug-likeness (QED) is 0.425. The predicted molar refractivity (Wildman–Crippen MR) is 117 cm³/mol. The van der Waals surface area contributed by atoms with Gasteiger partial charge < -0.3 is 15.2 Å². The molecule has 0 aliphatic carbocycles. The Bertz CT molecular complexity index is 1370. The zero-order chi connectivity index (χ0) is 25.0. The van der Waals surface area contributed by atoms with Gasteiger partial charge in [-0.3, -0.25) is 14.6 Å². The highest BCUT2D eigenvalue weighted by Crippen LogP contribution is 2.33. The molecule has 0 atom stereocenters. The molecule has 0 saturated carbocycles. The van der Waals surface area contributed by atoms with E-state index in [2.05, 4.69) is 30.7 Å². The van der Waals surface area contributed by atoms with Gasteiger partial charge in [0.05, 0.1) is 17.8 Å². The molecular weight excluding hydrogens is 465 g/mol. The Morgan fingerprint density at radius 2 is 1.77 bits per heavy atom. The summed E-state index contributed by atoms with van der Waals surface area (Å²) in [5.74, 6) is -1.52. The predicted octanol–water partition coefficient (Wildman–Crippen LogP) is 4.04. The van der Waals surface area contributed by atoms with Crippen LogP contribution in [-0.2, 0) is 12.7 Å². The monoisotopic (exact) mass is 482 g/mol. The smallest absolute Gasteiger partial charge is 0.351 e. The largest absolute Gasteiger partial charge is 0.416 e. The van der Waals surface area contributed by atoms with Crippen LogP contribution in [0.5, 0.6) is 0 Å². The number of rotatable bonds is 6. The lowest BCUT2D eigenvalue weighted by Gasteiger charge is -2.12. The molecule has 1 aromatic carbocycles. The van der Waals surface area contributed by atoms with Crippen molar-refractivity contribution in [1.29, 1.82) is 0 Å². The van der Waals surface area contributed by atoms with Crippen molar-refractivity contribution in [3.8, 4) is 11.3 Å². The van der Waals surface area contributed by atoms with Crippen molar-refractivity contribution < 1.29 is 27.3 Å². The molecule has 9 nitrogen and oxygen atoms in total. The van der Waals surface area contributed by atoms with Crippen LogP contribution in [0.3, 0.4) is 0 Å². The van der Waals surface area contributed by atoms with E-state index in [1.165, 1.54) is 37.5 Å². The molecular formula is C23H17F3N6O3. The molecule has 178 valence electrons. The number of hydrogen-bond donors (Lipinski definition) is 2. The first-order valence-corrected chi connectivity index (χ1v) is 10.2. The van der Waals surface area contributed by atoms with Crippen LogP contribution >= 0.6 is 0 Å². The third-order valence-electron chi connectivity index (χ3n) is 4.89. The summed E-state index contributed by atoms with van der Waals surface area (Å²) in [6.07, 6.45) is -0.0865. The lowest BCUT2D eigenvalue weighted by atomic mass is 10.1. The number of carbonyl (C=O) groups excluding carboxylic acids is 2. The average molecular weight is 482 g/mol. The molecule has 0 unspecified atom stereocenters. The number of pyridine rings is 1. The van der Waals surface area contributed by atoms with Crippen LogP contribution in [0.1, 0.15) is 37.9 Å². The first-order valence-electron chi connectivity index (χ1n) is 10.2. The molecule has 4 rings (SSSR count). The van der Waals surface area contributed by atoms with E-state index in [0.29, 0.717) is 5.69 Å². The van der Waals surface area contributed by atoms with Crippen LogP contribution < -0.4 is 10.6 Å². The molecule has 12 heteroatoms. The molecule has 35 heavy (non-hydrogen) atoms. The van der Waals surface area contributed by atoms with Crippen LogP contribution in [0, 0.1) is 6.92 Å². The Labute approximate surface area is 196 Å². The van der Waals surface area contributed by atoms with Crippen LogP contribution in [0.2, 0.25) is 0 Å². The van der Waals surface area contributed by atoms with E-state index in [1.54, 1.807) is 24.5 Å². The highest BCUT2D eigenvalue weighted by molar-refractivity contribution is 6.02. The molecule has 3 heterocycles. The van der Waals surface area contributed by atoms with Gasteiger partial charge in [-0.1, -0.05) is 11.2 Å². The van der Waals surface area contributed by atoms with Crippen molar-refractivity contribution in [2.75, 3.05) is 5.32 Å². The summed E-state index contributed by atoms with van der Waals surface area (Å²) in [6, 6.07) is 9.72. The summed E-state index contributed by atoms with van der Waals surface area (Å²) in [4.78, 5) is 36.9. The number of halogens is 3. The summed E-state index contributed by atoms with van der Waals surface area (Å²) in [5, 5.41) is 8.66. The summed E-state index contributed by atoms with van der Waals surface area (Å²) in [7, 11) is 0. The molecule has 0 spiro atoms.